The van der Waals surface area contributed by atoms with Crippen molar-refractivity contribution in [3.05, 3.63) is 56.3 Å². The van der Waals surface area contributed by atoms with Gasteiger partial charge < -0.3 is 9.64 Å². The van der Waals surface area contributed by atoms with Crippen molar-refractivity contribution in [3.8, 4) is 6.07 Å². The third-order valence-corrected chi connectivity index (χ3v) is 5.29. The second-order valence-corrected chi connectivity index (χ2v) is 7.48. The van der Waals surface area contributed by atoms with Gasteiger partial charge in [-0.25, -0.2) is 9.48 Å². The van der Waals surface area contributed by atoms with Gasteiger partial charge in [0.15, 0.2) is 6.61 Å². The van der Waals surface area contributed by atoms with Gasteiger partial charge in [0.2, 0.25) is 0 Å². The van der Waals surface area contributed by atoms with Crippen molar-refractivity contribution < 1.29 is 14.3 Å². The molecule has 0 bridgehead atoms. The summed E-state index contributed by atoms with van der Waals surface area (Å²) in [4.78, 5) is 25.1. The molecule has 0 unspecified atom stereocenters. The molecule has 10 heteroatoms. The summed E-state index contributed by atoms with van der Waals surface area (Å²) in [5.41, 5.74) is 1.81. The minimum atomic E-state index is -0.700. The molecule has 1 heterocycles. The van der Waals surface area contributed by atoms with Gasteiger partial charge in [0, 0.05) is 40.8 Å². The summed E-state index contributed by atoms with van der Waals surface area (Å²) in [6, 6.07) is 7.14. The Labute approximate surface area is 189 Å². The summed E-state index contributed by atoms with van der Waals surface area (Å²) < 4.78 is 6.47. The predicted octanol–water partition coefficient (Wildman–Crippen LogP) is 4.13. The number of amides is 1. The van der Waals surface area contributed by atoms with Crippen molar-refractivity contribution in [3.63, 3.8) is 0 Å². The molecule has 1 amide bonds. The fourth-order valence-electron chi connectivity index (χ4n) is 2.48. The highest BCUT2D eigenvalue weighted by Crippen LogP contribution is 2.28. The van der Waals surface area contributed by atoms with Crippen molar-refractivity contribution in [1.82, 2.24) is 14.7 Å². The molecule has 0 aliphatic rings. The fraction of sp³-hybridized carbons (Fsp3) is 0.300. The van der Waals surface area contributed by atoms with E-state index in [0.29, 0.717) is 32.0 Å². The lowest BCUT2D eigenvalue weighted by Gasteiger charge is -2.14. The normalized spacial score (nSPS) is 10.8. The number of benzene rings is 1. The lowest BCUT2D eigenvalue weighted by atomic mass is 10.2. The van der Waals surface area contributed by atoms with Crippen LogP contribution in [-0.2, 0) is 20.9 Å². The number of nitriles is 1. The van der Waals surface area contributed by atoms with Crippen LogP contribution in [0.1, 0.15) is 23.2 Å². The van der Waals surface area contributed by atoms with Gasteiger partial charge in [-0.05, 0) is 25.1 Å². The van der Waals surface area contributed by atoms with Gasteiger partial charge in [-0.3, -0.25) is 4.79 Å². The van der Waals surface area contributed by atoms with Gasteiger partial charge in [-0.2, -0.15) is 10.4 Å². The van der Waals surface area contributed by atoms with Crippen LogP contribution in [0.25, 0.3) is 6.08 Å². The monoisotopic (exact) mass is 468 g/mol. The predicted molar refractivity (Wildman–Crippen MR) is 115 cm³/mol. The SMILES string of the molecule is Cc1nn(Cc2c(Cl)cccc2Cl)c(Cl)c1/C=C/C(=O)OCC(=O)N(C)CCC#N. The zero-order valence-electron chi connectivity index (χ0n) is 16.4. The molecule has 7 nitrogen and oxygen atoms in total. The van der Waals surface area contributed by atoms with Crippen LogP contribution >= 0.6 is 34.8 Å². The first-order valence-corrected chi connectivity index (χ1v) is 9.99. The van der Waals surface area contributed by atoms with Gasteiger partial charge in [0.05, 0.1) is 24.7 Å². The summed E-state index contributed by atoms with van der Waals surface area (Å²) in [5.74, 6) is -1.10. The number of nitrogens with zero attached hydrogens (tertiary/aromatic N) is 4. The number of halogens is 3. The first-order valence-electron chi connectivity index (χ1n) is 8.86. The third-order valence-electron chi connectivity index (χ3n) is 4.19. The second kappa shape index (κ2) is 11.0. The van der Waals surface area contributed by atoms with E-state index >= 15 is 0 Å². The Morgan fingerprint density at radius 3 is 2.60 bits per heavy atom. The molecule has 2 aromatic rings. The van der Waals surface area contributed by atoms with Crippen LogP contribution in [-0.4, -0.2) is 46.8 Å². The highest BCUT2D eigenvalue weighted by Gasteiger charge is 2.15. The Hall–Kier alpha value is -2.53. The molecular formula is C20H19Cl3N4O3. The minimum absolute atomic E-state index is 0.206. The number of carbonyl (C=O) groups excluding carboxylic acids is 2. The summed E-state index contributed by atoms with van der Waals surface area (Å²) in [6.07, 6.45) is 2.85. The molecule has 158 valence electrons. The van der Waals surface area contributed by atoms with E-state index in [2.05, 4.69) is 5.10 Å². The fourth-order valence-corrected chi connectivity index (χ4v) is 3.29. The van der Waals surface area contributed by atoms with Gasteiger partial charge in [0.1, 0.15) is 5.15 Å². The van der Waals surface area contributed by atoms with Crippen LogP contribution in [0.4, 0.5) is 0 Å². The molecular weight excluding hydrogens is 451 g/mol. The highest BCUT2D eigenvalue weighted by atomic mass is 35.5. The van der Waals surface area contributed by atoms with E-state index in [1.54, 1.807) is 25.1 Å². The van der Waals surface area contributed by atoms with E-state index in [1.807, 2.05) is 6.07 Å². The Balaban J connectivity index is 2.03. The number of rotatable bonds is 8. The third kappa shape index (κ3) is 6.23. The van der Waals surface area contributed by atoms with E-state index < -0.39 is 18.5 Å². The molecule has 0 aliphatic heterocycles. The molecule has 30 heavy (non-hydrogen) atoms. The zero-order chi connectivity index (χ0) is 22.3. The van der Waals surface area contributed by atoms with E-state index in [9.17, 15) is 9.59 Å². The number of ether oxygens (including phenoxy) is 1. The van der Waals surface area contributed by atoms with Gasteiger partial charge in [-0.1, -0.05) is 40.9 Å². The number of carbonyl (C=O) groups is 2. The molecule has 0 radical (unpaired) electrons. The molecule has 0 spiro atoms. The Morgan fingerprint density at radius 1 is 1.30 bits per heavy atom. The molecule has 1 aromatic heterocycles. The van der Waals surface area contributed by atoms with E-state index in [1.165, 1.54) is 28.8 Å². The quantitative estimate of drug-likeness (QED) is 0.428. The van der Waals surface area contributed by atoms with Crippen molar-refractivity contribution in [2.24, 2.45) is 0 Å². The maximum Gasteiger partial charge on any atom is 0.331 e. The van der Waals surface area contributed by atoms with E-state index in [-0.39, 0.29) is 19.5 Å². The molecule has 0 atom stereocenters. The van der Waals surface area contributed by atoms with Crippen LogP contribution in [0.3, 0.4) is 0 Å². The molecule has 0 aliphatic carbocycles. The van der Waals surface area contributed by atoms with Crippen molar-refractivity contribution in [1.29, 1.82) is 5.26 Å². The molecule has 0 N–H and O–H groups in total. The molecule has 0 saturated heterocycles. The van der Waals surface area contributed by atoms with Crippen LogP contribution in [0, 0.1) is 18.3 Å². The first kappa shape index (κ1) is 23.7. The number of aryl methyl sites for hydroxylation is 1. The number of hydrogen-bond acceptors (Lipinski definition) is 5. The largest absolute Gasteiger partial charge is 0.452 e. The first-order chi connectivity index (χ1) is 14.2. The average molecular weight is 470 g/mol. The van der Waals surface area contributed by atoms with Crippen LogP contribution < -0.4 is 0 Å². The maximum absolute atomic E-state index is 11.9. The van der Waals surface area contributed by atoms with Crippen molar-refractivity contribution >= 4 is 52.8 Å². The average Bonchev–Trinajstić information content (AvgIpc) is 2.98. The van der Waals surface area contributed by atoms with Crippen LogP contribution in [0.5, 0.6) is 0 Å². The zero-order valence-corrected chi connectivity index (χ0v) is 18.6. The molecule has 1 aromatic carbocycles. The highest BCUT2D eigenvalue weighted by molar-refractivity contribution is 6.36. The van der Waals surface area contributed by atoms with Crippen molar-refractivity contribution in [2.75, 3.05) is 20.2 Å². The van der Waals surface area contributed by atoms with Gasteiger partial charge >= 0.3 is 5.97 Å². The summed E-state index contributed by atoms with van der Waals surface area (Å²) in [6.45, 7) is 1.86. The van der Waals surface area contributed by atoms with Crippen LogP contribution in [0.2, 0.25) is 15.2 Å². The Morgan fingerprint density at radius 2 is 1.97 bits per heavy atom. The lowest BCUT2D eigenvalue weighted by molar-refractivity contribution is -0.147. The van der Waals surface area contributed by atoms with Crippen molar-refractivity contribution in [2.45, 2.75) is 19.9 Å². The topological polar surface area (TPSA) is 88.2 Å². The van der Waals surface area contributed by atoms with Crippen LogP contribution in [0.15, 0.2) is 24.3 Å². The number of hydrogen-bond donors (Lipinski definition) is 0. The van der Waals surface area contributed by atoms with E-state index in [0.717, 1.165) is 0 Å². The summed E-state index contributed by atoms with van der Waals surface area (Å²) >= 11 is 18.8. The minimum Gasteiger partial charge on any atom is -0.452 e. The number of esters is 1. The van der Waals surface area contributed by atoms with E-state index in [4.69, 9.17) is 44.8 Å². The number of aromatic nitrogens is 2. The summed E-state index contributed by atoms with van der Waals surface area (Å²) in [5, 5.41) is 14.2. The Bertz CT molecular complexity index is 991. The lowest BCUT2D eigenvalue weighted by Crippen LogP contribution is -2.31. The molecule has 0 fully saturated rings. The molecule has 2 rings (SSSR count). The molecule has 0 saturated carbocycles. The summed E-state index contributed by atoms with van der Waals surface area (Å²) in [7, 11) is 1.53. The standard InChI is InChI=1S/C20H19Cl3N4O3/c1-13-14(7-8-19(29)30-12-18(28)26(2)10-4-9-24)20(23)27(25-13)11-15-16(21)5-3-6-17(15)22/h3,5-8H,4,10-12H2,1-2H3/b8-7+. The maximum atomic E-state index is 11.9. The Kier molecular flexibility index (Phi) is 8.72. The smallest absolute Gasteiger partial charge is 0.331 e. The van der Waals surface area contributed by atoms with Gasteiger partial charge in [0.25, 0.3) is 5.91 Å². The number of likely N-dealkylation sites (N-methyl/N-ethyl adjacent to an activating group) is 1. The van der Waals surface area contributed by atoms with Gasteiger partial charge in [-0.15, -0.1) is 0 Å². The second-order valence-electron chi connectivity index (χ2n) is 6.31.